The summed E-state index contributed by atoms with van der Waals surface area (Å²) in [7, 11) is 0. The molecule has 1 atom stereocenters. The number of halogens is 3. The minimum absolute atomic E-state index is 0.00501. The Morgan fingerprint density at radius 3 is 2.48 bits per heavy atom. The summed E-state index contributed by atoms with van der Waals surface area (Å²) in [5, 5.41) is 12.2. The fourth-order valence-corrected chi connectivity index (χ4v) is 3.34. The van der Waals surface area contributed by atoms with Crippen molar-refractivity contribution in [3.63, 3.8) is 0 Å². The number of hydrogen-bond donors (Lipinski definition) is 2. The van der Waals surface area contributed by atoms with Crippen LogP contribution < -0.4 is 5.32 Å². The van der Waals surface area contributed by atoms with Gasteiger partial charge in [-0.1, -0.05) is 24.3 Å². The number of carboxylic acids is 1. The summed E-state index contributed by atoms with van der Waals surface area (Å²) < 4.78 is 39.4. The van der Waals surface area contributed by atoms with E-state index in [0.717, 1.165) is 24.1 Å². The molecular weight excluding hydrogens is 385 g/mol. The van der Waals surface area contributed by atoms with E-state index in [0.29, 0.717) is 25.1 Å². The number of carbonyl (C=O) groups is 2. The van der Waals surface area contributed by atoms with Crippen LogP contribution in [0.1, 0.15) is 45.9 Å². The molecule has 1 heterocycles. The van der Waals surface area contributed by atoms with Crippen molar-refractivity contribution in [3.05, 3.63) is 70.8 Å². The number of nitrogens with zero attached hydrogens (tertiary/aromatic N) is 1. The van der Waals surface area contributed by atoms with Crippen LogP contribution in [0.2, 0.25) is 0 Å². The number of carboxylic acid groups (broad SMARTS) is 1. The van der Waals surface area contributed by atoms with Crippen LogP contribution in [0.3, 0.4) is 0 Å². The number of aromatic carboxylic acids is 1. The summed E-state index contributed by atoms with van der Waals surface area (Å²) in [5.41, 5.74) is 0.660. The highest BCUT2D eigenvalue weighted by molar-refractivity contribution is 5.87. The minimum Gasteiger partial charge on any atom is -0.478 e. The molecule has 2 aromatic rings. The Kier molecular flexibility index (Phi) is 6.22. The molecular formula is C21H21F3N2O3. The van der Waals surface area contributed by atoms with E-state index in [1.807, 2.05) is 0 Å². The van der Waals surface area contributed by atoms with Crippen molar-refractivity contribution < 1.29 is 27.9 Å². The van der Waals surface area contributed by atoms with Gasteiger partial charge in [0.05, 0.1) is 17.2 Å². The lowest BCUT2D eigenvalue weighted by molar-refractivity contribution is -0.137. The molecule has 29 heavy (non-hydrogen) atoms. The zero-order valence-electron chi connectivity index (χ0n) is 15.6. The van der Waals surface area contributed by atoms with E-state index < -0.39 is 23.8 Å². The van der Waals surface area contributed by atoms with Crippen LogP contribution in [0.25, 0.3) is 0 Å². The molecule has 1 saturated heterocycles. The maximum absolute atomic E-state index is 13.1. The van der Waals surface area contributed by atoms with E-state index in [1.54, 1.807) is 23.1 Å². The van der Waals surface area contributed by atoms with Crippen LogP contribution in [-0.2, 0) is 17.5 Å². The van der Waals surface area contributed by atoms with Crippen molar-refractivity contribution in [2.45, 2.75) is 31.6 Å². The summed E-state index contributed by atoms with van der Waals surface area (Å²) in [6.07, 6.45) is -3.26. The smallest absolute Gasteiger partial charge is 0.416 e. The van der Waals surface area contributed by atoms with Gasteiger partial charge in [0.1, 0.15) is 0 Å². The Labute approximate surface area is 166 Å². The van der Waals surface area contributed by atoms with Crippen molar-refractivity contribution in [1.29, 1.82) is 0 Å². The Bertz CT molecular complexity index is 881. The summed E-state index contributed by atoms with van der Waals surface area (Å²) >= 11 is 0. The lowest BCUT2D eigenvalue weighted by Gasteiger charge is -2.26. The molecule has 8 heteroatoms. The normalized spacial score (nSPS) is 15.6. The first-order chi connectivity index (χ1) is 13.7. The van der Waals surface area contributed by atoms with Gasteiger partial charge in [0.2, 0.25) is 5.91 Å². The Hall–Kier alpha value is -2.87. The number of benzene rings is 2. The summed E-state index contributed by atoms with van der Waals surface area (Å²) in [4.78, 5) is 24.6. The molecule has 2 aromatic carbocycles. The average molecular weight is 406 g/mol. The zero-order chi connectivity index (χ0) is 21.0. The van der Waals surface area contributed by atoms with Crippen LogP contribution in [-0.4, -0.2) is 35.0 Å². The molecule has 5 nitrogen and oxygen atoms in total. The first-order valence-corrected chi connectivity index (χ1v) is 9.24. The van der Waals surface area contributed by atoms with Gasteiger partial charge in [-0.05, 0) is 41.8 Å². The summed E-state index contributed by atoms with van der Waals surface area (Å²) in [6.45, 7) is 1.18. The van der Waals surface area contributed by atoms with Crippen molar-refractivity contribution in [2.24, 2.45) is 0 Å². The largest absolute Gasteiger partial charge is 0.478 e. The standard InChI is InChI=1S/C21H21F3N2O3/c22-21(23,24)17-4-1-3-16(11-17)18(13-26-10-2-5-19(26)27)25-12-14-6-8-15(9-7-14)20(28)29/h1,3-4,6-9,11,18,25H,2,5,10,12-13H2,(H,28,29). The van der Waals surface area contributed by atoms with Gasteiger partial charge in [0.15, 0.2) is 0 Å². The van der Waals surface area contributed by atoms with E-state index in [4.69, 9.17) is 5.11 Å². The number of amides is 1. The molecule has 3 rings (SSSR count). The first kappa shape index (κ1) is 20.9. The number of rotatable bonds is 7. The molecule has 1 unspecified atom stereocenters. The van der Waals surface area contributed by atoms with E-state index in [9.17, 15) is 22.8 Å². The number of carbonyl (C=O) groups excluding carboxylic acids is 1. The Morgan fingerprint density at radius 1 is 1.17 bits per heavy atom. The topological polar surface area (TPSA) is 69.6 Å². The van der Waals surface area contributed by atoms with Crippen LogP contribution in [0, 0.1) is 0 Å². The van der Waals surface area contributed by atoms with Gasteiger partial charge < -0.3 is 15.3 Å². The number of alkyl halides is 3. The van der Waals surface area contributed by atoms with Crippen molar-refractivity contribution >= 4 is 11.9 Å². The molecule has 0 spiro atoms. The third-order valence-electron chi connectivity index (χ3n) is 4.94. The highest BCUT2D eigenvalue weighted by Crippen LogP contribution is 2.31. The maximum Gasteiger partial charge on any atom is 0.416 e. The van der Waals surface area contributed by atoms with E-state index in [-0.39, 0.29) is 18.0 Å². The van der Waals surface area contributed by atoms with Gasteiger partial charge in [-0.25, -0.2) is 4.79 Å². The molecule has 154 valence electrons. The van der Waals surface area contributed by atoms with Crippen LogP contribution in [0.5, 0.6) is 0 Å². The van der Waals surface area contributed by atoms with Crippen LogP contribution in [0.4, 0.5) is 13.2 Å². The third-order valence-corrected chi connectivity index (χ3v) is 4.94. The lowest BCUT2D eigenvalue weighted by atomic mass is 10.0. The van der Waals surface area contributed by atoms with E-state index in [2.05, 4.69) is 5.32 Å². The Morgan fingerprint density at radius 2 is 1.90 bits per heavy atom. The molecule has 0 aliphatic carbocycles. The van der Waals surface area contributed by atoms with Gasteiger partial charge in [-0.15, -0.1) is 0 Å². The molecule has 0 aromatic heterocycles. The molecule has 0 bridgehead atoms. The van der Waals surface area contributed by atoms with Crippen LogP contribution in [0.15, 0.2) is 48.5 Å². The highest BCUT2D eigenvalue weighted by Gasteiger charge is 2.31. The first-order valence-electron chi connectivity index (χ1n) is 9.24. The fraction of sp³-hybridized carbons (Fsp3) is 0.333. The molecule has 1 aliphatic heterocycles. The van der Waals surface area contributed by atoms with Gasteiger partial charge in [0, 0.05) is 26.1 Å². The second kappa shape index (κ2) is 8.65. The average Bonchev–Trinajstić information content (AvgIpc) is 3.09. The van der Waals surface area contributed by atoms with E-state index in [1.165, 1.54) is 18.2 Å². The molecule has 1 fully saturated rings. The van der Waals surface area contributed by atoms with Crippen LogP contribution >= 0.6 is 0 Å². The van der Waals surface area contributed by atoms with Gasteiger partial charge in [-0.2, -0.15) is 13.2 Å². The number of likely N-dealkylation sites (tertiary alicyclic amines) is 1. The molecule has 0 saturated carbocycles. The van der Waals surface area contributed by atoms with Gasteiger partial charge in [0.25, 0.3) is 0 Å². The molecule has 1 amide bonds. The quantitative estimate of drug-likeness (QED) is 0.733. The summed E-state index contributed by atoms with van der Waals surface area (Å²) in [6, 6.07) is 10.9. The lowest BCUT2D eigenvalue weighted by Crippen LogP contribution is -2.36. The van der Waals surface area contributed by atoms with E-state index >= 15 is 0 Å². The number of hydrogen-bond acceptors (Lipinski definition) is 3. The van der Waals surface area contributed by atoms with Crippen molar-refractivity contribution in [2.75, 3.05) is 13.1 Å². The van der Waals surface area contributed by atoms with Crippen molar-refractivity contribution in [3.8, 4) is 0 Å². The minimum atomic E-state index is -4.45. The fourth-order valence-electron chi connectivity index (χ4n) is 3.34. The van der Waals surface area contributed by atoms with Gasteiger partial charge >= 0.3 is 12.1 Å². The van der Waals surface area contributed by atoms with Crippen molar-refractivity contribution in [1.82, 2.24) is 10.2 Å². The zero-order valence-corrected chi connectivity index (χ0v) is 15.6. The summed E-state index contributed by atoms with van der Waals surface area (Å²) in [5.74, 6) is -1.03. The maximum atomic E-state index is 13.1. The predicted molar refractivity (Wildman–Crippen MR) is 100 cm³/mol. The second-order valence-corrected chi connectivity index (χ2v) is 7.00. The molecule has 0 radical (unpaired) electrons. The highest BCUT2D eigenvalue weighted by atomic mass is 19.4. The number of nitrogens with one attached hydrogen (secondary N) is 1. The Balaban J connectivity index is 1.79. The predicted octanol–water partition coefficient (Wildman–Crippen LogP) is 3.86. The molecule has 1 aliphatic rings. The SMILES string of the molecule is O=C(O)c1ccc(CNC(CN2CCCC2=O)c2cccc(C(F)(F)F)c2)cc1. The second-order valence-electron chi connectivity index (χ2n) is 7.00. The monoisotopic (exact) mass is 406 g/mol. The third kappa shape index (κ3) is 5.35. The molecule has 2 N–H and O–H groups in total. The van der Waals surface area contributed by atoms with Gasteiger partial charge in [-0.3, -0.25) is 4.79 Å².